The highest BCUT2D eigenvalue weighted by Gasteiger charge is 2.20. The van der Waals surface area contributed by atoms with Gasteiger partial charge in [-0.2, -0.15) is 0 Å². The second kappa shape index (κ2) is 6.03. The summed E-state index contributed by atoms with van der Waals surface area (Å²) >= 11 is 12.2. The second-order valence-corrected chi connectivity index (χ2v) is 6.08. The number of fused-ring (bicyclic) bond motifs is 1. The zero-order valence-corrected chi connectivity index (χ0v) is 13.2. The molecule has 0 bridgehead atoms. The van der Waals surface area contributed by atoms with Gasteiger partial charge in [0.2, 0.25) is 5.91 Å². The van der Waals surface area contributed by atoms with E-state index in [2.05, 4.69) is 4.98 Å². The SMILES string of the molecule is NC(=O)C[C@@H](c1cccc(Cl)c1)c1c[nH]c2ccc(Cl)cc12. The van der Waals surface area contributed by atoms with Crippen LogP contribution in [0.2, 0.25) is 10.0 Å². The highest BCUT2D eigenvalue weighted by molar-refractivity contribution is 6.31. The Bertz CT molecular complexity index is 842. The molecule has 0 saturated heterocycles. The van der Waals surface area contributed by atoms with Gasteiger partial charge in [-0.15, -0.1) is 0 Å². The Morgan fingerprint density at radius 1 is 1.14 bits per heavy atom. The molecule has 0 aliphatic heterocycles. The lowest BCUT2D eigenvalue weighted by molar-refractivity contribution is -0.118. The summed E-state index contributed by atoms with van der Waals surface area (Å²) in [4.78, 5) is 14.7. The first-order chi connectivity index (χ1) is 10.5. The Balaban J connectivity index is 2.15. The van der Waals surface area contributed by atoms with Crippen molar-refractivity contribution >= 4 is 40.0 Å². The molecule has 0 radical (unpaired) electrons. The van der Waals surface area contributed by atoms with Gasteiger partial charge in [0.15, 0.2) is 0 Å². The lowest BCUT2D eigenvalue weighted by Gasteiger charge is -2.16. The maximum absolute atomic E-state index is 11.5. The molecule has 2 aromatic carbocycles. The molecule has 0 fully saturated rings. The van der Waals surface area contributed by atoms with Gasteiger partial charge in [-0.25, -0.2) is 0 Å². The Labute approximate surface area is 138 Å². The van der Waals surface area contributed by atoms with E-state index in [0.717, 1.165) is 22.0 Å². The minimum absolute atomic E-state index is 0.164. The van der Waals surface area contributed by atoms with Crippen molar-refractivity contribution in [3.8, 4) is 0 Å². The zero-order chi connectivity index (χ0) is 15.7. The molecule has 1 aromatic heterocycles. The number of H-pyrrole nitrogens is 1. The number of nitrogens with two attached hydrogens (primary N) is 1. The Morgan fingerprint density at radius 3 is 2.64 bits per heavy atom. The molecule has 5 heteroatoms. The van der Waals surface area contributed by atoms with E-state index in [9.17, 15) is 4.79 Å². The number of hydrogen-bond donors (Lipinski definition) is 2. The summed E-state index contributed by atoms with van der Waals surface area (Å²) < 4.78 is 0. The number of rotatable bonds is 4. The lowest BCUT2D eigenvalue weighted by atomic mass is 9.88. The summed E-state index contributed by atoms with van der Waals surface area (Å²) in [5, 5.41) is 2.26. The average Bonchev–Trinajstić information content (AvgIpc) is 2.87. The van der Waals surface area contributed by atoms with Crippen molar-refractivity contribution in [2.24, 2.45) is 5.73 Å². The summed E-state index contributed by atoms with van der Waals surface area (Å²) in [7, 11) is 0. The van der Waals surface area contributed by atoms with Crippen LogP contribution >= 0.6 is 23.2 Å². The number of hydrogen-bond acceptors (Lipinski definition) is 1. The smallest absolute Gasteiger partial charge is 0.218 e. The Hall–Kier alpha value is -1.97. The van der Waals surface area contributed by atoms with Crippen LogP contribution in [0.25, 0.3) is 10.9 Å². The van der Waals surface area contributed by atoms with Crippen molar-refractivity contribution in [3.05, 3.63) is 69.8 Å². The van der Waals surface area contributed by atoms with Gasteiger partial charge in [0.25, 0.3) is 0 Å². The Kier molecular flexibility index (Phi) is 4.10. The van der Waals surface area contributed by atoms with Crippen molar-refractivity contribution in [2.45, 2.75) is 12.3 Å². The van der Waals surface area contributed by atoms with Gasteiger partial charge in [-0.05, 0) is 41.5 Å². The van der Waals surface area contributed by atoms with E-state index >= 15 is 0 Å². The van der Waals surface area contributed by atoms with Crippen molar-refractivity contribution in [2.75, 3.05) is 0 Å². The van der Waals surface area contributed by atoms with Crippen LogP contribution in [0.15, 0.2) is 48.7 Å². The molecule has 3 rings (SSSR count). The number of carbonyl (C=O) groups is 1. The molecule has 3 N–H and O–H groups in total. The van der Waals surface area contributed by atoms with Crippen molar-refractivity contribution in [3.63, 3.8) is 0 Å². The molecule has 0 saturated carbocycles. The third-order valence-corrected chi connectivity index (χ3v) is 4.18. The minimum Gasteiger partial charge on any atom is -0.370 e. The summed E-state index contributed by atoms with van der Waals surface area (Å²) in [6.07, 6.45) is 2.11. The molecule has 1 heterocycles. The maximum Gasteiger partial charge on any atom is 0.218 e. The molecular weight excluding hydrogens is 319 g/mol. The largest absolute Gasteiger partial charge is 0.370 e. The molecule has 3 aromatic rings. The van der Waals surface area contributed by atoms with Gasteiger partial charge in [0.05, 0.1) is 0 Å². The van der Waals surface area contributed by atoms with Crippen LogP contribution in [0, 0.1) is 0 Å². The van der Waals surface area contributed by atoms with Crippen LogP contribution < -0.4 is 5.73 Å². The quantitative estimate of drug-likeness (QED) is 0.726. The van der Waals surface area contributed by atoms with Gasteiger partial charge < -0.3 is 10.7 Å². The molecule has 0 aliphatic carbocycles. The highest BCUT2D eigenvalue weighted by Crippen LogP contribution is 2.35. The summed E-state index contributed by atoms with van der Waals surface area (Å²) in [6.45, 7) is 0. The molecule has 0 aliphatic rings. The van der Waals surface area contributed by atoms with Gasteiger partial charge in [-0.3, -0.25) is 4.79 Å². The first-order valence-corrected chi connectivity index (χ1v) is 7.60. The fourth-order valence-electron chi connectivity index (χ4n) is 2.73. The Morgan fingerprint density at radius 2 is 1.91 bits per heavy atom. The minimum atomic E-state index is -0.360. The van der Waals surface area contributed by atoms with Crippen LogP contribution in [-0.2, 0) is 4.79 Å². The molecule has 0 unspecified atom stereocenters. The molecule has 1 atom stereocenters. The topological polar surface area (TPSA) is 58.9 Å². The summed E-state index contributed by atoms with van der Waals surface area (Å²) in [5.41, 5.74) is 8.34. The van der Waals surface area contributed by atoms with Crippen LogP contribution in [-0.4, -0.2) is 10.9 Å². The van der Waals surface area contributed by atoms with Gasteiger partial charge in [0, 0.05) is 39.5 Å². The second-order valence-electron chi connectivity index (χ2n) is 5.21. The van der Waals surface area contributed by atoms with Gasteiger partial charge >= 0.3 is 0 Å². The maximum atomic E-state index is 11.5. The van der Waals surface area contributed by atoms with Crippen molar-refractivity contribution in [1.82, 2.24) is 4.98 Å². The first kappa shape index (κ1) is 14.9. The summed E-state index contributed by atoms with van der Waals surface area (Å²) in [6, 6.07) is 13.1. The van der Waals surface area contributed by atoms with Gasteiger partial charge in [-0.1, -0.05) is 35.3 Å². The van der Waals surface area contributed by atoms with Crippen LogP contribution in [0.1, 0.15) is 23.5 Å². The van der Waals surface area contributed by atoms with Crippen molar-refractivity contribution in [1.29, 1.82) is 0 Å². The predicted octanol–water partition coefficient (Wildman–Crippen LogP) is 4.48. The average molecular weight is 333 g/mol. The molecule has 0 spiro atoms. The molecule has 22 heavy (non-hydrogen) atoms. The number of halogens is 2. The van der Waals surface area contributed by atoms with E-state index in [1.165, 1.54) is 0 Å². The number of carbonyl (C=O) groups excluding carboxylic acids is 1. The number of aromatic nitrogens is 1. The summed E-state index contributed by atoms with van der Waals surface area (Å²) in [5.74, 6) is -0.523. The van der Waals surface area contributed by atoms with E-state index in [1.807, 2.05) is 42.6 Å². The predicted molar refractivity (Wildman–Crippen MR) is 90.4 cm³/mol. The van der Waals surface area contributed by atoms with Crippen LogP contribution in [0.5, 0.6) is 0 Å². The van der Waals surface area contributed by atoms with Crippen molar-refractivity contribution < 1.29 is 4.79 Å². The van der Waals surface area contributed by atoms with Crippen LogP contribution in [0.3, 0.4) is 0 Å². The molecular formula is C17H14Cl2N2O. The molecule has 3 nitrogen and oxygen atoms in total. The number of benzene rings is 2. The highest BCUT2D eigenvalue weighted by atomic mass is 35.5. The zero-order valence-electron chi connectivity index (χ0n) is 11.6. The first-order valence-electron chi connectivity index (χ1n) is 6.85. The van der Waals surface area contributed by atoms with E-state index in [0.29, 0.717) is 10.0 Å². The third kappa shape index (κ3) is 2.96. The number of primary amides is 1. The van der Waals surface area contributed by atoms with E-state index < -0.39 is 0 Å². The third-order valence-electron chi connectivity index (χ3n) is 3.71. The van der Waals surface area contributed by atoms with E-state index in [-0.39, 0.29) is 18.2 Å². The van der Waals surface area contributed by atoms with Gasteiger partial charge in [0.1, 0.15) is 0 Å². The molecule has 1 amide bonds. The fraction of sp³-hybridized carbons (Fsp3) is 0.118. The van der Waals surface area contributed by atoms with E-state index in [1.54, 1.807) is 6.07 Å². The number of nitrogens with one attached hydrogen (secondary N) is 1. The van der Waals surface area contributed by atoms with Crippen LogP contribution in [0.4, 0.5) is 0 Å². The fourth-order valence-corrected chi connectivity index (χ4v) is 3.11. The number of aromatic amines is 1. The lowest BCUT2D eigenvalue weighted by Crippen LogP contribution is -2.16. The number of amides is 1. The monoisotopic (exact) mass is 332 g/mol. The molecule has 112 valence electrons. The normalized spacial score (nSPS) is 12.5. The standard InChI is InChI=1S/C17H14Cl2N2O/c18-11-3-1-2-10(6-11)13(8-17(20)22)15-9-21-16-5-4-12(19)7-14(15)16/h1-7,9,13,21H,8H2,(H2,20,22)/t13-/m0/s1. The van der Waals surface area contributed by atoms with E-state index in [4.69, 9.17) is 28.9 Å².